The summed E-state index contributed by atoms with van der Waals surface area (Å²) in [7, 11) is 0. The van der Waals surface area contributed by atoms with E-state index >= 15 is 0 Å². The summed E-state index contributed by atoms with van der Waals surface area (Å²) < 4.78 is 0. The van der Waals surface area contributed by atoms with Crippen LogP contribution in [0.3, 0.4) is 0 Å². The molecule has 0 unspecified atom stereocenters. The Morgan fingerprint density at radius 1 is 1.25 bits per heavy atom. The molecule has 0 aliphatic heterocycles. The predicted octanol–water partition coefficient (Wildman–Crippen LogP) is 2.18. The zero-order chi connectivity index (χ0) is 13.6. The molecule has 4 bridgehead atoms. The Bertz CT molecular complexity index is 461. The number of nitrogens with one attached hydrogen (secondary N) is 3. The molecular formula is C15H22N4O. The van der Waals surface area contributed by atoms with Gasteiger partial charge in [-0.05, 0) is 62.3 Å². The Kier molecular flexibility index (Phi) is 2.75. The maximum atomic E-state index is 12.2. The van der Waals surface area contributed by atoms with E-state index in [2.05, 4.69) is 20.8 Å². The smallest absolute Gasteiger partial charge is 0.315 e. The summed E-state index contributed by atoms with van der Waals surface area (Å²) in [5.41, 5.74) is 1.03. The zero-order valence-electron chi connectivity index (χ0n) is 11.7. The average molecular weight is 274 g/mol. The molecule has 1 heterocycles. The van der Waals surface area contributed by atoms with Crippen LogP contribution in [-0.4, -0.2) is 21.8 Å². The van der Waals surface area contributed by atoms with Crippen molar-refractivity contribution in [2.75, 3.05) is 0 Å². The van der Waals surface area contributed by atoms with Crippen LogP contribution in [0.2, 0.25) is 0 Å². The Hall–Kier alpha value is -1.52. The summed E-state index contributed by atoms with van der Waals surface area (Å²) >= 11 is 0. The highest BCUT2D eigenvalue weighted by Gasteiger charge is 2.51. The number of hydrogen-bond donors (Lipinski definition) is 3. The highest BCUT2D eigenvalue weighted by atomic mass is 16.2. The molecule has 0 saturated heterocycles. The fourth-order valence-corrected chi connectivity index (χ4v) is 5.11. The van der Waals surface area contributed by atoms with E-state index in [0.717, 1.165) is 23.4 Å². The van der Waals surface area contributed by atoms with Crippen molar-refractivity contribution in [2.24, 2.45) is 17.8 Å². The van der Waals surface area contributed by atoms with Gasteiger partial charge < -0.3 is 10.6 Å². The van der Waals surface area contributed by atoms with E-state index in [9.17, 15) is 4.79 Å². The molecule has 5 heteroatoms. The second-order valence-corrected chi connectivity index (χ2v) is 7.09. The quantitative estimate of drug-likeness (QED) is 0.790. The van der Waals surface area contributed by atoms with Crippen LogP contribution in [0.5, 0.6) is 0 Å². The van der Waals surface area contributed by atoms with Crippen LogP contribution in [0.15, 0.2) is 12.3 Å². The fourth-order valence-electron chi connectivity index (χ4n) is 5.11. The first-order valence-electron chi connectivity index (χ1n) is 7.75. The van der Waals surface area contributed by atoms with Crippen LogP contribution in [0.25, 0.3) is 0 Å². The van der Waals surface area contributed by atoms with Gasteiger partial charge in [0.1, 0.15) is 0 Å². The van der Waals surface area contributed by atoms with Gasteiger partial charge >= 0.3 is 6.03 Å². The van der Waals surface area contributed by atoms with Crippen molar-refractivity contribution in [2.45, 2.75) is 50.6 Å². The lowest BCUT2D eigenvalue weighted by molar-refractivity contribution is -0.0135. The van der Waals surface area contributed by atoms with Gasteiger partial charge in [-0.2, -0.15) is 5.10 Å². The third kappa shape index (κ3) is 2.19. The van der Waals surface area contributed by atoms with Crippen molar-refractivity contribution >= 4 is 6.03 Å². The molecular weight excluding hydrogens is 252 g/mol. The molecule has 0 aromatic carbocycles. The predicted molar refractivity (Wildman–Crippen MR) is 74.9 cm³/mol. The molecule has 1 aromatic heterocycles. The molecule has 2 amide bonds. The van der Waals surface area contributed by atoms with Crippen molar-refractivity contribution in [1.82, 2.24) is 20.8 Å². The molecule has 1 aromatic rings. The van der Waals surface area contributed by atoms with Gasteiger partial charge in [0.2, 0.25) is 0 Å². The summed E-state index contributed by atoms with van der Waals surface area (Å²) in [6.07, 6.45) is 9.47. The second-order valence-electron chi connectivity index (χ2n) is 7.09. The van der Waals surface area contributed by atoms with Crippen LogP contribution in [0.1, 0.15) is 44.2 Å². The Morgan fingerprint density at radius 2 is 1.90 bits per heavy atom. The fraction of sp³-hybridized carbons (Fsp3) is 0.733. The van der Waals surface area contributed by atoms with Crippen molar-refractivity contribution in [3.63, 3.8) is 0 Å². The molecule has 0 atom stereocenters. The number of aromatic nitrogens is 2. The second kappa shape index (κ2) is 4.50. The van der Waals surface area contributed by atoms with Crippen molar-refractivity contribution in [1.29, 1.82) is 0 Å². The Labute approximate surface area is 118 Å². The molecule has 108 valence electrons. The molecule has 3 N–H and O–H groups in total. The molecule has 5 rings (SSSR count). The van der Waals surface area contributed by atoms with Gasteiger partial charge in [0.05, 0.1) is 12.2 Å². The molecule has 0 radical (unpaired) electrons. The van der Waals surface area contributed by atoms with Crippen LogP contribution in [0.4, 0.5) is 4.79 Å². The number of nitrogens with zero attached hydrogens (tertiary/aromatic N) is 1. The summed E-state index contributed by atoms with van der Waals surface area (Å²) in [4.78, 5) is 12.2. The summed E-state index contributed by atoms with van der Waals surface area (Å²) in [5.74, 6) is 2.57. The van der Waals surface area contributed by atoms with Crippen LogP contribution in [-0.2, 0) is 6.54 Å². The van der Waals surface area contributed by atoms with Gasteiger partial charge in [0.15, 0.2) is 0 Å². The monoisotopic (exact) mass is 274 g/mol. The van der Waals surface area contributed by atoms with Gasteiger partial charge in [-0.25, -0.2) is 4.79 Å². The molecule has 5 nitrogen and oxygen atoms in total. The number of urea groups is 1. The van der Waals surface area contributed by atoms with E-state index < -0.39 is 0 Å². The SMILES string of the molecule is O=C(NCc1ccn[nH]1)NC12CC3CC(CC(C3)C1)C2. The van der Waals surface area contributed by atoms with E-state index in [1.807, 2.05) is 6.07 Å². The first-order chi connectivity index (χ1) is 9.71. The minimum Gasteiger partial charge on any atom is -0.333 e. The van der Waals surface area contributed by atoms with Crippen LogP contribution >= 0.6 is 0 Å². The number of amides is 2. The lowest BCUT2D eigenvalue weighted by Gasteiger charge is -2.56. The maximum absolute atomic E-state index is 12.2. The first-order valence-corrected chi connectivity index (χ1v) is 7.75. The third-order valence-corrected chi connectivity index (χ3v) is 5.41. The average Bonchev–Trinajstić information content (AvgIpc) is 2.87. The standard InChI is InChI=1S/C15H22N4O/c20-14(16-9-13-1-2-17-19-13)18-15-6-10-3-11(7-15)5-12(4-10)8-15/h1-2,10-12H,3-9H2,(H,17,19)(H2,16,18,20). The molecule has 0 spiro atoms. The number of carbonyl (C=O) groups excluding carboxylic acids is 1. The first kappa shape index (κ1) is 12.2. The molecule has 4 aliphatic carbocycles. The van der Waals surface area contributed by atoms with Crippen LogP contribution < -0.4 is 10.6 Å². The number of rotatable bonds is 3. The zero-order valence-corrected chi connectivity index (χ0v) is 11.7. The van der Waals surface area contributed by atoms with Gasteiger partial charge in [0, 0.05) is 11.7 Å². The van der Waals surface area contributed by atoms with Gasteiger partial charge in [0.25, 0.3) is 0 Å². The van der Waals surface area contributed by atoms with E-state index in [1.54, 1.807) is 6.20 Å². The highest BCUT2D eigenvalue weighted by Crippen LogP contribution is 2.55. The normalized spacial score (nSPS) is 37.9. The number of carbonyl (C=O) groups is 1. The molecule has 20 heavy (non-hydrogen) atoms. The Morgan fingerprint density at radius 3 is 2.45 bits per heavy atom. The lowest BCUT2D eigenvalue weighted by Crippen LogP contribution is -2.61. The van der Waals surface area contributed by atoms with Gasteiger partial charge in [-0.3, -0.25) is 5.10 Å². The van der Waals surface area contributed by atoms with Crippen LogP contribution in [0, 0.1) is 17.8 Å². The minimum atomic E-state index is -0.0263. The number of hydrogen-bond acceptors (Lipinski definition) is 2. The number of H-pyrrole nitrogens is 1. The van der Waals surface area contributed by atoms with Crippen molar-refractivity contribution in [3.8, 4) is 0 Å². The minimum absolute atomic E-state index is 0.0263. The largest absolute Gasteiger partial charge is 0.333 e. The topological polar surface area (TPSA) is 69.8 Å². The summed E-state index contributed by atoms with van der Waals surface area (Å²) in [5, 5.41) is 13.0. The molecule has 4 aliphatic rings. The maximum Gasteiger partial charge on any atom is 0.315 e. The van der Waals surface area contributed by atoms with E-state index in [-0.39, 0.29) is 11.6 Å². The number of aromatic amines is 1. The highest BCUT2D eigenvalue weighted by molar-refractivity contribution is 5.74. The van der Waals surface area contributed by atoms with Gasteiger partial charge in [-0.15, -0.1) is 0 Å². The van der Waals surface area contributed by atoms with E-state index in [1.165, 1.54) is 38.5 Å². The summed E-state index contributed by atoms with van der Waals surface area (Å²) in [6, 6.07) is 1.85. The van der Waals surface area contributed by atoms with E-state index in [4.69, 9.17) is 0 Å². The Balaban J connectivity index is 1.37. The third-order valence-electron chi connectivity index (χ3n) is 5.41. The van der Waals surface area contributed by atoms with Gasteiger partial charge in [-0.1, -0.05) is 0 Å². The molecule has 4 saturated carbocycles. The van der Waals surface area contributed by atoms with Crippen molar-refractivity contribution < 1.29 is 4.79 Å². The van der Waals surface area contributed by atoms with Crippen molar-refractivity contribution in [3.05, 3.63) is 18.0 Å². The molecule has 4 fully saturated rings. The summed E-state index contributed by atoms with van der Waals surface area (Å²) in [6.45, 7) is 0.512. The lowest BCUT2D eigenvalue weighted by atomic mass is 9.53. The van der Waals surface area contributed by atoms with E-state index in [0.29, 0.717) is 6.54 Å².